The van der Waals surface area contributed by atoms with Crippen molar-refractivity contribution < 1.29 is 4.42 Å². The monoisotopic (exact) mass is 372 g/mol. The van der Waals surface area contributed by atoms with E-state index in [1.54, 1.807) is 0 Å². The first kappa shape index (κ1) is 18.2. The molecule has 4 rings (SSSR count). The SMILES string of the molecule is CCN(c1ccccc1)c1ccc2nc3ccc(=[N+](CC)CC)cc-3oc2c1. The smallest absolute Gasteiger partial charge is 0.203 e. The summed E-state index contributed by atoms with van der Waals surface area (Å²) in [5.74, 6) is 0.816. The van der Waals surface area contributed by atoms with Crippen molar-refractivity contribution in [2.75, 3.05) is 24.5 Å². The number of anilines is 2. The van der Waals surface area contributed by atoms with Gasteiger partial charge in [-0.2, -0.15) is 0 Å². The average Bonchev–Trinajstić information content (AvgIpc) is 2.74. The molecule has 0 saturated heterocycles. The second-order valence-corrected chi connectivity index (χ2v) is 6.77. The van der Waals surface area contributed by atoms with Crippen molar-refractivity contribution >= 4 is 22.5 Å². The van der Waals surface area contributed by atoms with Crippen LogP contribution in [0.25, 0.3) is 22.6 Å². The molecular formula is C24H26N3O+. The van der Waals surface area contributed by atoms with Crippen LogP contribution in [0.1, 0.15) is 20.8 Å². The van der Waals surface area contributed by atoms with Gasteiger partial charge in [-0.25, -0.2) is 9.56 Å². The third-order valence-corrected chi connectivity index (χ3v) is 5.17. The van der Waals surface area contributed by atoms with Crippen molar-refractivity contribution in [2.24, 2.45) is 0 Å². The number of nitrogens with zero attached hydrogens (tertiary/aromatic N) is 3. The van der Waals surface area contributed by atoms with E-state index in [1.807, 2.05) is 18.2 Å². The summed E-state index contributed by atoms with van der Waals surface area (Å²) in [5, 5.41) is 1.16. The zero-order valence-corrected chi connectivity index (χ0v) is 16.7. The van der Waals surface area contributed by atoms with Crippen molar-refractivity contribution in [1.82, 2.24) is 9.56 Å². The Morgan fingerprint density at radius 2 is 1.64 bits per heavy atom. The van der Waals surface area contributed by atoms with Gasteiger partial charge in [0.2, 0.25) is 5.36 Å². The standard InChI is InChI=1S/C24H26N3O/c1-4-26(5-2)19-12-14-21-23(16-19)28-24-17-20(13-15-22(24)25-21)27(6-3)18-10-8-7-9-11-18/h7-17H,4-6H2,1-3H3/q+1. The highest BCUT2D eigenvalue weighted by atomic mass is 16.3. The minimum atomic E-state index is 0.802. The normalized spacial score (nSPS) is 11.1. The molecule has 4 nitrogen and oxygen atoms in total. The van der Waals surface area contributed by atoms with Gasteiger partial charge in [-0.05, 0) is 51.1 Å². The third kappa shape index (κ3) is 3.38. The van der Waals surface area contributed by atoms with Crippen LogP contribution in [0.15, 0.2) is 71.1 Å². The minimum absolute atomic E-state index is 0.802. The number of para-hydroxylation sites is 1. The molecule has 0 N–H and O–H groups in total. The summed E-state index contributed by atoms with van der Waals surface area (Å²) in [4.78, 5) is 7.07. The lowest BCUT2D eigenvalue weighted by atomic mass is 10.2. The summed E-state index contributed by atoms with van der Waals surface area (Å²) in [6.45, 7) is 9.30. The quantitative estimate of drug-likeness (QED) is 0.369. The van der Waals surface area contributed by atoms with Gasteiger partial charge in [0.25, 0.3) is 0 Å². The maximum atomic E-state index is 6.28. The van der Waals surface area contributed by atoms with E-state index >= 15 is 0 Å². The minimum Gasteiger partial charge on any atom is -0.452 e. The second kappa shape index (κ2) is 7.85. The van der Waals surface area contributed by atoms with E-state index in [0.717, 1.165) is 53.2 Å². The first-order chi connectivity index (χ1) is 13.7. The van der Waals surface area contributed by atoms with Crippen LogP contribution < -0.4 is 14.8 Å². The van der Waals surface area contributed by atoms with E-state index in [0.29, 0.717) is 0 Å². The molecule has 0 saturated carbocycles. The van der Waals surface area contributed by atoms with Gasteiger partial charge in [-0.3, -0.25) is 0 Å². The van der Waals surface area contributed by atoms with Crippen LogP contribution in [0, 0.1) is 0 Å². The Morgan fingerprint density at radius 3 is 2.36 bits per heavy atom. The summed E-state index contributed by atoms with van der Waals surface area (Å²) < 4.78 is 8.59. The molecule has 0 amide bonds. The Bertz CT molecular complexity index is 1130. The predicted molar refractivity (Wildman–Crippen MR) is 116 cm³/mol. The second-order valence-electron chi connectivity index (χ2n) is 6.77. The lowest BCUT2D eigenvalue weighted by molar-refractivity contribution is 0.600. The number of aromatic nitrogens is 1. The Hall–Kier alpha value is -3.14. The van der Waals surface area contributed by atoms with E-state index in [-0.39, 0.29) is 0 Å². The Morgan fingerprint density at radius 1 is 0.857 bits per heavy atom. The fraction of sp³-hybridized carbons (Fsp3) is 0.250. The van der Waals surface area contributed by atoms with Gasteiger partial charge in [0.15, 0.2) is 11.3 Å². The zero-order chi connectivity index (χ0) is 19.5. The van der Waals surface area contributed by atoms with Crippen molar-refractivity contribution in [3.8, 4) is 11.5 Å². The van der Waals surface area contributed by atoms with Gasteiger partial charge in [-0.1, -0.05) is 18.2 Å². The van der Waals surface area contributed by atoms with E-state index in [4.69, 9.17) is 9.40 Å². The molecule has 0 atom stereocenters. The van der Waals surface area contributed by atoms with Crippen molar-refractivity contribution in [3.05, 3.63) is 72.1 Å². The van der Waals surface area contributed by atoms with Crippen LogP contribution in [0.2, 0.25) is 0 Å². The molecule has 0 radical (unpaired) electrons. The van der Waals surface area contributed by atoms with E-state index in [1.165, 1.54) is 5.69 Å². The lowest BCUT2D eigenvalue weighted by Gasteiger charge is -2.23. The maximum absolute atomic E-state index is 6.28. The molecular weight excluding hydrogens is 346 g/mol. The molecule has 142 valence electrons. The van der Waals surface area contributed by atoms with Gasteiger partial charge < -0.3 is 9.32 Å². The van der Waals surface area contributed by atoms with Crippen LogP contribution in [-0.4, -0.2) is 24.6 Å². The third-order valence-electron chi connectivity index (χ3n) is 5.17. The molecule has 0 unspecified atom stereocenters. The van der Waals surface area contributed by atoms with Gasteiger partial charge in [0, 0.05) is 30.1 Å². The van der Waals surface area contributed by atoms with Crippen LogP contribution in [0.4, 0.5) is 11.4 Å². The molecule has 4 heteroatoms. The maximum Gasteiger partial charge on any atom is 0.203 e. The summed E-state index contributed by atoms with van der Waals surface area (Å²) in [5.41, 5.74) is 4.83. The van der Waals surface area contributed by atoms with Crippen molar-refractivity contribution in [3.63, 3.8) is 0 Å². The molecule has 1 heterocycles. The fourth-order valence-corrected chi connectivity index (χ4v) is 3.68. The highest BCUT2D eigenvalue weighted by Gasteiger charge is 2.14. The van der Waals surface area contributed by atoms with Gasteiger partial charge in [-0.15, -0.1) is 0 Å². The fourth-order valence-electron chi connectivity index (χ4n) is 3.68. The van der Waals surface area contributed by atoms with Crippen LogP contribution >= 0.6 is 0 Å². The molecule has 0 bridgehead atoms. The summed E-state index contributed by atoms with van der Waals surface area (Å²) in [7, 11) is 0. The largest absolute Gasteiger partial charge is 0.452 e. The molecule has 2 aliphatic rings. The van der Waals surface area contributed by atoms with Gasteiger partial charge in [0.1, 0.15) is 24.3 Å². The first-order valence-corrected chi connectivity index (χ1v) is 9.98. The van der Waals surface area contributed by atoms with Crippen molar-refractivity contribution in [2.45, 2.75) is 20.8 Å². The Labute approximate surface area is 165 Å². The molecule has 0 fully saturated rings. The zero-order valence-electron chi connectivity index (χ0n) is 16.7. The number of rotatable bonds is 5. The molecule has 2 aromatic carbocycles. The lowest BCUT2D eigenvalue weighted by Crippen LogP contribution is -2.29. The number of hydrogen-bond acceptors (Lipinski definition) is 3. The number of hydrogen-bond donors (Lipinski definition) is 0. The highest BCUT2D eigenvalue weighted by Crippen LogP contribution is 2.30. The molecule has 0 aromatic heterocycles. The van der Waals surface area contributed by atoms with Crippen LogP contribution in [0.3, 0.4) is 0 Å². The number of fused-ring (bicyclic) bond motifs is 2. The summed E-state index contributed by atoms with van der Waals surface area (Å²) in [6.07, 6.45) is 0. The van der Waals surface area contributed by atoms with Crippen LogP contribution in [0.5, 0.6) is 0 Å². The average molecular weight is 372 g/mol. The van der Waals surface area contributed by atoms with E-state index in [2.05, 4.69) is 78.8 Å². The Balaban J connectivity index is 1.85. The summed E-state index contributed by atoms with van der Waals surface area (Å²) in [6, 6.07) is 22.9. The van der Waals surface area contributed by atoms with Gasteiger partial charge >= 0.3 is 0 Å². The van der Waals surface area contributed by atoms with Crippen molar-refractivity contribution in [1.29, 1.82) is 0 Å². The molecule has 28 heavy (non-hydrogen) atoms. The molecule has 1 aliphatic carbocycles. The molecule has 1 aliphatic heterocycles. The van der Waals surface area contributed by atoms with Crippen LogP contribution in [-0.2, 0) is 0 Å². The molecule has 2 aromatic rings. The first-order valence-electron chi connectivity index (χ1n) is 9.98. The van der Waals surface area contributed by atoms with E-state index in [9.17, 15) is 0 Å². The van der Waals surface area contributed by atoms with E-state index < -0.39 is 0 Å². The number of benzene rings is 3. The molecule has 0 spiro atoms. The summed E-state index contributed by atoms with van der Waals surface area (Å²) >= 11 is 0. The highest BCUT2D eigenvalue weighted by molar-refractivity contribution is 5.81. The predicted octanol–water partition coefficient (Wildman–Crippen LogP) is 4.90. The topological polar surface area (TPSA) is 32.3 Å². The van der Waals surface area contributed by atoms with Gasteiger partial charge in [0.05, 0.1) is 6.07 Å². The Kier molecular flexibility index (Phi) is 5.11.